The van der Waals surface area contributed by atoms with E-state index in [4.69, 9.17) is 14.6 Å². The number of aliphatic hydroxyl groups is 1. The average molecular weight is 643 g/mol. The van der Waals surface area contributed by atoms with Crippen molar-refractivity contribution in [3.63, 3.8) is 0 Å². The monoisotopic (exact) mass is 642 g/mol. The quantitative estimate of drug-likeness (QED) is 0.256. The molecule has 0 unspecified atom stereocenters. The highest BCUT2D eigenvalue weighted by Gasteiger charge is 2.51. The van der Waals surface area contributed by atoms with Crippen molar-refractivity contribution in [1.82, 2.24) is 10.2 Å². The van der Waals surface area contributed by atoms with Gasteiger partial charge < -0.3 is 40.1 Å². The van der Waals surface area contributed by atoms with Crippen molar-refractivity contribution in [3.05, 3.63) is 95.6 Å². The highest BCUT2D eigenvalue weighted by Crippen LogP contribution is 2.43. The number of carboxylic acid groups (broad SMARTS) is 1. The van der Waals surface area contributed by atoms with Gasteiger partial charge in [-0.3, -0.25) is 14.4 Å². The van der Waals surface area contributed by atoms with Crippen molar-refractivity contribution in [1.29, 1.82) is 0 Å². The first-order chi connectivity index (χ1) is 22.8. The zero-order chi connectivity index (χ0) is 33.0. The molecule has 47 heavy (non-hydrogen) atoms. The standard InChI is InChI=1S/C36H42N4O7/c1-24-30(21-39-19-17-36(18-20-39)35(45)37-23-40(36)29-5-3-2-4-6-29)46-34(47-33(24)26-9-7-25(22-41)8-10-26)27-11-13-28(14-12-27)38-31(42)15-16-32(43)44/h2-14,24,30,33-34,41H,15-23H2,1H3,(H,37,45)(H,38,42)(H,43,44)/t24-,30+,33+,34+/m0/s1. The number of likely N-dealkylation sites (tertiary alicyclic amines) is 1. The molecule has 3 heterocycles. The maximum absolute atomic E-state index is 13.2. The number of amides is 2. The molecular formula is C36H42N4O7. The van der Waals surface area contributed by atoms with Gasteiger partial charge in [0.1, 0.15) is 5.54 Å². The van der Waals surface area contributed by atoms with Crippen molar-refractivity contribution in [3.8, 4) is 0 Å². The summed E-state index contributed by atoms with van der Waals surface area (Å²) in [6, 6.07) is 25.1. The highest BCUT2D eigenvalue weighted by atomic mass is 16.7. The number of benzene rings is 3. The predicted octanol–water partition coefficient (Wildman–Crippen LogP) is 4.20. The number of carbonyl (C=O) groups excluding carboxylic acids is 2. The minimum Gasteiger partial charge on any atom is -0.481 e. The Morgan fingerprint density at radius 3 is 2.28 bits per heavy atom. The summed E-state index contributed by atoms with van der Waals surface area (Å²) in [6.07, 6.45) is -0.0310. The number of para-hydroxylation sites is 1. The van der Waals surface area contributed by atoms with E-state index < -0.39 is 17.8 Å². The highest BCUT2D eigenvalue weighted by molar-refractivity contribution is 5.93. The van der Waals surface area contributed by atoms with Crippen LogP contribution in [-0.2, 0) is 30.5 Å². The molecule has 4 atom stereocenters. The Labute approximate surface area is 274 Å². The second kappa shape index (κ2) is 14.2. The maximum atomic E-state index is 13.2. The molecule has 3 saturated heterocycles. The lowest BCUT2D eigenvalue weighted by molar-refractivity contribution is -0.276. The Balaban J connectivity index is 1.17. The van der Waals surface area contributed by atoms with Gasteiger partial charge in [0, 0.05) is 48.9 Å². The molecule has 1 spiro atoms. The van der Waals surface area contributed by atoms with Crippen LogP contribution < -0.4 is 15.5 Å². The van der Waals surface area contributed by atoms with Gasteiger partial charge in [-0.2, -0.15) is 0 Å². The van der Waals surface area contributed by atoms with Crippen LogP contribution in [0.3, 0.4) is 0 Å². The molecule has 3 aliphatic rings. The fourth-order valence-corrected chi connectivity index (χ4v) is 6.89. The van der Waals surface area contributed by atoms with Crippen molar-refractivity contribution >= 4 is 29.2 Å². The largest absolute Gasteiger partial charge is 0.481 e. The molecule has 2 amide bonds. The smallest absolute Gasteiger partial charge is 0.303 e. The van der Waals surface area contributed by atoms with E-state index in [1.807, 2.05) is 54.6 Å². The Hall–Kier alpha value is -4.29. The lowest BCUT2D eigenvalue weighted by Crippen LogP contribution is -2.57. The number of aliphatic carboxylic acids is 1. The predicted molar refractivity (Wildman–Crippen MR) is 175 cm³/mol. The number of hydrogen-bond acceptors (Lipinski definition) is 8. The molecule has 3 aromatic carbocycles. The van der Waals surface area contributed by atoms with Gasteiger partial charge in [0.25, 0.3) is 0 Å². The zero-order valence-corrected chi connectivity index (χ0v) is 26.5. The molecule has 0 saturated carbocycles. The van der Waals surface area contributed by atoms with E-state index in [1.165, 1.54) is 0 Å². The summed E-state index contributed by atoms with van der Waals surface area (Å²) >= 11 is 0. The van der Waals surface area contributed by atoms with Crippen molar-refractivity contribution in [2.24, 2.45) is 5.92 Å². The van der Waals surface area contributed by atoms with Crippen LogP contribution >= 0.6 is 0 Å². The first-order valence-electron chi connectivity index (χ1n) is 16.2. The van der Waals surface area contributed by atoms with Crippen LogP contribution in [0.15, 0.2) is 78.9 Å². The summed E-state index contributed by atoms with van der Waals surface area (Å²) in [5.74, 6) is -1.29. The molecule has 11 heteroatoms. The van der Waals surface area contributed by atoms with Gasteiger partial charge >= 0.3 is 5.97 Å². The van der Waals surface area contributed by atoms with E-state index >= 15 is 0 Å². The van der Waals surface area contributed by atoms with E-state index in [2.05, 4.69) is 39.5 Å². The number of anilines is 2. The van der Waals surface area contributed by atoms with Crippen LogP contribution in [0.25, 0.3) is 0 Å². The van der Waals surface area contributed by atoms with Crippen molar-refractivity contribution in [2.75, 3.05) is 36.5 Å². The van der Waals surface area contributed by atoms with Gasteiger partial charge in [-0.05, 0) is 48.2 Å². The van der Waals surface area contributed by atoms with Crippen molar-refractivity contribution < 1.29 is 34.1 Å². The molecule has 11 nitrogen and oxygen atoms in total. The minimum atomic E-state index is -1.02. The van der Waals surface area contributed by atoms with Crippen LogP contribution in [-0.4, -0.2) is 70.8 Å². The molecule has 0 aromatic heterocycles. The first kappa shape index (κ1) is 32.6. The SMILES string of the molecule is C[C@H]1[C@@H](CN2CCC3(CC2)C(=O)NCN3c2ccccc2)O[C@@H](c2ccc(NC(=O)CCC(=O)O)cc2)O[C@H]1c1ccc(CO)cc1. The number of aliphatic hydroxyl groups excluding tert-OH is 1. The molecule has 0 aliphatic carbocycles. The van der Waals surface area contributed by atoms with E-state index in [9.17, 15) is 19.5 Å². The maximum Gasteiger partial charge on any atom is 0.303 e. The van der Waals surface area contributed by atoms with Crippen LogP contribution in [0, 0.1) is 5.92 Å². The average Bonchev–Trinajstić information content (AvgIpc) is 3.41. The van der Waals surface area contributed by atoms with Gasteiger partial charge in [0.2, 0.25) is 11.8 Å². The van der Waals surface area contributed by atoms with Gasteiger partial charge in [-0.25, -0.2) is 0 Å². The lowest BCUT2D eigenvalue weighted by atomic mass is 9.84. The van der Waals surface area contributed by atoms with E-state index in [1.54, 1.807) is 12.1 Å². The van der Waals surface area contributed by atoms with Gasteiger partial charge in [-0.1, -0.05) is 61.5 Å². The summed E-state index contributed by atoms with van der Waals surface area (Å²) in [4.78, 5) is 40.7. The second-order valence-electron chi connectivity index (χ2n) is 12.6. The molecule has 3 aromatic rings. The number of rotatable bonds is 10. The molecule has 0 bridgehead atoms. The topological polar surface area (TPSA) is 141 Å². The fraction of sp³-hybridized carbons (Fsp3) is 0.417. The molecule has 0 radical (unpaired) electrons. The third kappa shape index (κ3) is 7.18. The van der Waals surface area contributed by atoms with Crippen LogP contribution in [0.2, 0.25) is 0 Å². The number of carboxylic acids is 1. The summed E-state index contributed by atoms with van der Waals surface area (Å²) in [5.41, 5.74) is 3.65. The Morgan fingerprint density at radius 1 is 0.936 bits per heavy atom. The first-order valence-corrected chi connectivity index (χ1v) is 16.2. The number of ether oxygens (including phenoxy) is 2. The summed E-state index contributed by atoms with van der Waals surface area (Å²) in [6.45, 7) is 4.78. The normalized spacial score (nSPS) is 24.2. The third-order valence-electron chi connectivity index (χ3n) is 9.68. The molecular weight excluding hydrogens is 600 g/mol. The van der Waals surface area contributed by atoms with E-state index in [0.29, 0.717) is 31.7 Å². The summed E-state index contributed by atoms with van der Waals surface area (Å²) in [5, 5.41) is 24.2. The van der Waals surface area contributed by atoms with Crippen LogP contribution in [0.5, 0.6) is 0 Å². The number of nitrogens with zero attached hydrogens (tertiary/aromatic N) is 2. The third-order valence-corrected chi connectivity index (χ3v) is 9.68. The van der Waals surface area contributed by atoms with Gasteiger partial charge in [-0.15, -0.1) is 0 Å². The summed E-state index contributed by atoms with van der Waals surface area (Å²) < 4.78 is 13.2. The number of nitrogens with one attached hydrogen (secondary N) is 2. The fourth-order valence-electron chi connectivity index (χ4n) is 6.89. The number of carbonyl (C=O) groups is 3. The van der Waals surface area contributed by atoms with E-state index in [0.717, 1.165) is 35.5 Å². The summed E-state index contributed by atoms with van der Waals surface area (Å²) in [7, 11) is 0. The lowest BCUT2D eigenvalue weighted by Gasteiger charge is -2.46. The second-order valence-corrected chi connectivity index (χ2v) is 12.6. The zero-order valence-electron chi connectivity index (χ0n) is 26.5. The molecule has 4 N–H and O–H groups in total. The minimum absolute atomic E-state index is 0.00510. The Bertz CT molecular complexity index is 1540. The van der Waals surface area contributed by atoms with Crippen LogP contribution in [0.4, 0.5) is 11.4 Å². The Kier molecular flexibility index (Phi) is 9.88. The van der Waals surface area contributed by atoms with E-state index in [-0.39, 0.29) is 49.4 Å². The Morgan fingerprint density at radius 2 is 1.62 bits per heavy atom. The molecule has 6 rings (SSSR count). The number of piperidine rings is 1. The van der Waals surface area contributed by atoms with Gasteiger partial charge in [0.05, 0.1) is 31.9 Å². The molecule has 248 valence electrons. The van der Waals surface area contributed by atoms with Crippen molar-refractivity contribution in [2.45, 2.75) is 63.3 Å². The molecule has 3 aliphatic heterocycles. The van der Waals surface area contributed by atoms with Gasteiger partial charge in [0.15, 0.2) is 6.29 Å². The molecule has 3 fully saturated rings. The number of hydrogen-bond donors (Lipinski definition) is 4. The van der Waals surface area contributed by atoms with Crippen LogP contribution in [0.1, 0.15) is 61.7 Å².